The Balaban J connectivity index is 1.71. The van der Waals surface area contributed by atoms with Gasteiger partial charge in [0.15, 0.2) is 0 Å². The number of rotatable bonds is 7. The van der Waals surface area contributed by atoms with E-state index in [0.29, 0.717) is 25.3 Å². The van der Waals surface area contributed by atoms with Crippen molar-refractivity contribution in [3.05, 3.63) is 30.6 Å². The van der Waals surface area contributed by atoms with E-state index in [1.54, 1.807) is 18.0 Å². The molecule has 2 heterocycles. The van der Waals surface area contributed by atoms with Gasteiger partial charge >= 0.3 is 6.09 Å². The van der Waals surface area contributed by atoms with Crippen LogP contribution in [0.2, 0.25) is 0 Å². The molecule has 0 aliphatic heterocycles. The topological polar surface area (TPSA) is 75.9 Å². The van der Waals surface area contributed by atoms with E-state index in [9.17, 15) is 4.79 Å². The second kappa shape index (κ2) is 7.76. The first-order valence-corrected chi connectivity index (χ1v) is 7.36. The van der Waals surface area contributed by atoms with Gasteiger partial charge in [-0.05, 0) is 18.6 Å². The van der Waals surface area contributed by atoms with E-state index in [1.807, 2.05) is 28.8 Å². The number of pyridine rings is 1. The fraction of sp³-hybridized carbons (Fsp3) is 0.385. The molecule has 0 radical (unpaired) electrons. The normalized spacial score (nSPS) is 10.7. The molecule has 0 spiro atoms. The van der Waals surface area contributed by atoms with Crippen LogP contribution >= 0.6 is 11.8 Å². The van der Waals surface area contributed by atoms with Gasteiger partial charge in [0.05, 0.1) is 5.03 Å². The van der Waals surface area contributed by atoms with Crippen LogP contribution in [-0.4, -0.2) is 46.1 Å². The largest absolute Gasteiger partial charge is 0.449 e. The predicted octanol–water partition coefficient (Wildman–Crippen LogP) is 1.53. The molecule has 2 aromatic rings. The molecule has 7 heteroatoms. The zero-order chi connectivity index (χ0) is 14.2. The van der Waals surface area contributed by atoms with Crippen LogP contribution in [0.25, 0.3) is 5.65 Å². The van der Waals surface area contributed by atoms with Crippen LogP contribution in [0.1, 0.15) is 6.42 Å². The summed E-state index contributed by atoms with van der Waals surface area (Å²) in [5.74, 6) is 0.671. The van der Waals surface area contributed by atoms with Crippen LogP contribution in [0.4, 0.5) is 4.79 Å². The van der Waals surface area contributed by atoms with Gasteiger partial charge in [-0.3, -0.25) is 4.40 Å². The Kier molecular flexibility index (Phi) is 5.69. The lowest BCUT2D eigenvalue weighted by molar-refractivity contribution is 0.152. The van der Waals surface area contributed by atoms with Gasteiger partial charge in [0.1, 0.15) is 12.3 Å². The second-order valence-electron chi connectivity index (χ2n) is 4.01. The van der Waals surface area contributed by atoms with Crippen molar-refractivity contribution < 1.29 is 14.6 Å². The smallest absolute Gasteiger partial charge is 0.407 e. The van der Waals surface area contributed by atoms with Crippen molar-refractivity contribution in [1.82, 2.24) is 14.7 Å². The summed E-state index contributed by atoms with van der Waals surface area (Å²) in [7, 11) is 0. The highest BCUT2D eigenvalue weighted by Gasteiger charge is 2.03. The number of amides is 1. The van der Waals surface area contributed by atoms with Crippen LogP contribution in [-0.2, 0) is 4.74 Å². The number of hydrogen-bond donors (Lipinski definition) is 2. The van der Waals surface area contributed by atoms with Crippen molar-refractivity contribution >= 4 is 23.5 Å². The molecule has 2 rings (SSSR count). The fourth-order valence-electron chi connectivity index (χ4n) is 1.64. The van der Waals surface area contributed by atoms with Gasteiger partial charge in [-0.1, -0.05) is 6.07 Å². The zero-order valence-electron chi connectivity index (χ0n) is 11.0. The Labute approximate surface area is 121 Å². The van der Waals surface area contributed by atoms with Gasteiger partial charge in [-0.15, -0.1) is 11.8 Å². The van der Waals surface area contributed by atoms with E-state index in [1.165, 1.54) is 0 Å². The van der Waals surface area contributed by atoms with Gasteiger partial charge < -0.3 is 15.2 Å². The van der Waals surface area contributed by atoms with Crippen molar-refractivity contribution in [1.29, 1.82) is 0 Å². The molecule has 0 saturated carbocycles. The van der Waals surface area contributed by atoms with E-state index in [-0.39, 0.29) is 6.61 Å². The molecule has 2 N–H and O–H groups in total. The number of fused-ring (bicyclic) bond motifs is 1. The molecule has 0 unspecified atom stereocenters. The third kappa shape index (κ3) is 4.14. The molecule has 6 nitrogen and oxygen atoms in total. The Hall–Kier alpha value is -1.73. The molecule has 108 valence electrons. The summed E-state index contributed by atoms with van der Waals surface area (Å²) >= 11 is 1.60. The van der Waals surface area contributed by atoms with Crippen LogP contribution in [0.3, 0.4) is 0 Å². The highest BCUT2D eigenvalue weighted by Crippen LogP contribution is 2.18. The van der Waals surface area contributed by atoms with Crippen molar-refractivity contribution in [3.63, 3.8) is 0 Å². The summed E-state index contributed by atoms with van der Waals surface area (Å²) in [6.07, 6.45) is 3.75. The Morgan fingerprint density at radius 2 is 2.40 bits per heavy atom. The maximum Gasteiger partial charge on any atom is 0.407 e. The van der Waals surface area contributed by atoms with Crippen molar-refractivity contribution in [3.8, 4) is 0 Å². The highest BCUT2D eigenvalue weighted by atomic mass is 32.2. The standard InChI is InChI=1S/C13H17N3O3S/c17-8-2-5-15-13(18)19-9-10-20-12-4-1-3-11-14-6-7-16(11)12/h1,3-4,6-7,17H,2,5,8-10H2,(H,15,18). The number of carbonyl (C=O) groups is 1. The lowest BCUT2D eigenvalue weighted by atomic mass is 10.5. The van der Waals surface area contributed by atoms with Gasteiger partial charge in [-0.2, -0.15) is 0 Å². The highest BCUT2D eigenvalue weighted by molar-refractivity contribution is 7.99. The molecule has 0 saturated heterocycles. The molecule has 0 bridgehead atoms. The summed E-state index contributed by atoms with van der Waals surface area (Å²) in [6, 6.07) is 5.89. The maximum absolute atomic E-state index is 11.3. The predicted molar refractivity (Wildman–Crippen MR) is 77.0 cm³/mol. The Morgan fingerprint density at radius 1 is 1.50 bits per heavy atom. The van der Waals surface area contributed by atoms with Crippen LogP contribution in [0, 0.1) is 0 Å². The molecule has 0 fully saturated rings. The van der Waals surface area contributed by atoms with Crippen molar-refractivity contribution in [2.24, 2.45) is 0 Å². The number of aromatic nitrogens is 2. The van der Waals surface area contributed by atoms with Crippen molar-refractivity contribution in [2.75, 3.05) is 25.5 Å². The number of hydrogen-bond acceptors (Lipinski definition) is 5. The maximum atomic E-state index is 11.3. The van der Waals surface area contributed by atoms with Crippen LogP contribution in [0.15, 0.2) is 35.6 Å². The van der Waals surface area contributed by atoms with E-state index in [0.717, 1.165) is 10.7 Å². The summed E-state index contributed by atoms with van der Waals surface area (Å²) in [4.78, 5) is 15.5. The van der Waals surface area contributed by atoms with Crippen LogP contribution in [0.5, 0.6) is 0 Å². The van der Waals surface area contributed by atoms with Crippen molar-refractivity contribution in [2.45, 2.75) is 11.4 Å². The molecule has 1 amide bonds. The lowest BCUT2D eigenvalue weighted by Gasteiger charge is -2.07. The van der Waals surface area contributed by atoms with E-state index >= 15 is 0 Å². The van der Waals surface area contributed by atoms with E-state index in [4.69, 9.17) is 9.84 Å². The first-order chi connectivity index (χ1) is 9.81. The molecule has 0 atom stereocenters. The number of alkyl carbamates (subject to hydrolysis) is 1. The van der Waals surface area contributed by atoms with Crippen LogP contribution < -0.4 is 5.32 Å². The van der Waals surface area contributed by atoms with E-state index < -0.39 is 6.09 Å². The summed E-state index contributed by atoms with van der Waals surface area (Å²) in [6.45, 7) is 0.822. The molecule has 2 aromatic heterocycles. The number of carbonyl (C=O) groups excluding carboxylic acids is 1. The molecule has 0 aliphatic carbocycles. The molecular weight excluding hydrogens is 278 g/mol. The quantitative estimate of drug-likeness (QED) is 0.598. The first kappa shape index (κ1) is 14.7. The third-order valence-electron chi connectivity index (χ3n) is 2.56. The zero-order valence-corrected chi connectivity index (χ0v) is 11.8. The minimum Gasteiger partial charge on any atom is -0.449 e. The summed E-state index contributed by atoms with van der Waals surface area (Å²) < 4.78 is 7.02. The average molecular weight is 295 g/mol. The number of nitrogens with one attached hydrogen (secondary N) is 1. The third-order valence-corrected chi connectivity index (χ3v) is 3.56. The van der Waals surface area contributed by atoms with Gasteiger partial charge in [0.2, 0.25) is 0 Å². The number of aliphatic hydroxyl groups is 1. The molecule has 0 aromatic carbocycles. The molecule has 20 heavy (non-hydrogen) atoms. The number of imidazole rings is 1. The number of ether oxygens (including phenoxy) is 1. The minimum atomic E-state index is -0.445. The van der Waals surface area contributed by atoms with E-state index in [2.05, 4.69) is 10.3 Å². The molecular formula is C13H17N3O3S. The number of aliphatic hydroxyl groups excluding tert-OH is 1. The van der Waals surface area contributed by atoms with Gasteiger partial charge in [-0.25, -0.2) is 9.78 Å². The Bertz CT molecular complexity index is 559. The SMILES string of the molecule is O=C(NCCCO)OCCSc1cccc2nccn12. The molecule has 0 aliphatic rings. The second-order valence-corrected chi connectivity index (χ2v) is 5.12. The summed E-state index contributed by atoms with van der Waals surface area (Å²) in [5, 5.41) is 12.2. The fourth-order valence-corrected chi connectivity index (χ4v) is 2.48. The van der Waals surface area contributed by atoms with Gasteiger partial charge in [0, 0.05) is 31.3 Å². The first-order valence-electron chi connectivity index (χ1n) is 6.37. The lowest BCUT2D eigenvalue weighted by Crippen LogP contribution is -2.26. The number of thioether (sulfide) groups is 1. The average Bonchev–Trinajstić information content (AvgIpc) is 2.93. The van der Waals surface area contributed by atoms with Gasteiger partial charge in [0.25, 0.3) is 0 Å². The number of nitrogens with zero attached hydrogens (tertiary/aromatic N) is 2. The summed E-state index contributed by atoms with van der Waals surface area (Å²) in [5.41, 5.74) is 0.901. The monoisotopic (exact) mass is 295 g/mol. The minimum absolute atomic E-state index is 0.0606. The Morgan fingerprint density at radius 3 is 3.25 bits per heavy atom.